The van der Waals surface area contributed by atoms with Crippen molar-refractivity contribution < 1.29 is 9.52 Å². The Hall–Kier alpha value is -2.04. The average molecular weight is 273 g/mol. The Morgan fingerprint density at radius 2 is 2.05 bits per heavy atom. The molecule has 0 radical (unpaired) electrons. The number of aromatic nitrogens is 2. The van der Waals surface area contributed by atoms with Gasteiger partial charge in [-0.3, -0.25) is 0 Å². The van der Waals surface area contributed by atoms with E-state index < -0.39 is 0 Å². The van der Waals surface area contributed by atoms with Crippen LogP contribution in [0.3, 0.4) is 0 Å². The first-order chi connectivity index (χ1) is 9.81. The van der Waals surface area contributed by atoms with Gasteiger partial charge in [0.1, 0.15) is 5.75 Å². The molecule has 3 rings (SSSR count). The lowest BCUT2D eigenvalue weighted by atomic mass is 9.89. The molecular formula is C15H19N3O2. The van der Waals surface area contributed by atoms with Crippen LogP contribution in [-0.4, -0.2) is 15.3 Å². The number of nitrogens with one attached hydrogen (secondary N) is 1. The molecule has 2 aromatic rings. The molecule has 0 amide bonds. The quantitative estimate of drug-likeness (QED) is 0.893. The van der Waals surface area contributed by atoms with Crippen LogP contribution in [0.4, 0.5) is 6.01 Å². The molecule has 1 aromatic carbocycles. The standard InChI is InChI=1S/C15H19N3O2/c19-13-8-4-5-11(9-13)10-16-15-18-17-14(20-15)12-6-2-1-3-7-12/h4-5,8-9,12,19H,1-3,6-7,10H2,(H,16,18). The molecule has 5 nitrogen and oxygen atoms in total. The summed E-state index contributed by atoms with van der Waals surface area (Å²) in [7, 11) is 0. The van der Waals surface area contributed by atoms with E-state index in [-0.39, 0.29) is 5.75 Å². The Balaban J connectivity index is 1.59. The van der Waals surface area contributed by atoms with Crippen LogP contribution in [0.2, 0.25) is 0 Å². The summed E-state index contributed by atoms with van der Waals surface area (Å²) in [6.45, 7) is 0.556. The summed E-state index contributed by atoms with van der Waals surface area (Å²) in [4.78, 5) is 0. The van der Waals surface area contributed by atoms with Gasteiger partial charge in [-0.1, -0.05) is 36.5 Å². The Morgan fingerprint density at radius 3 is 2.85 bits per heavy atom. The monoisotopic (exact) mass is 273 g/mol. The lowest BCUT2D eigenvalue weighted by molar-refractivity contribution is 0.367. The molecule has 20 heavy (non-hydrogen) atoms. The summed E-state index contributed by atoms with van der Waals surface area (Å²) in [6.07, 6.45) is 6.10. The molecule has 0 saturated heterocycles. The van der Waals surface area contributed by atoms with Gasteiger partial charge in [0.05, 0.1) is 0 Å². The summed E-state index contributed by atoms with van der Waals surface area (Å²) in [5.74, 6) is 1.44. The van der Waals surface area contributed by atoms with Gasteiger partial charge in [0.15, 0.2) is 0 Å². The number of hydrogen-bond acceptors (Lipinski definition) is 5. The highest BCUT2D eigenvalue weighted by atomic mass is 16.4. The minimum atomic E-state index is 0.262. The minimum absolute atomic E-state index is 0.262. The van der Waals surface area contributed by atoms with Crippen LogP contribution >= 0.6 is 0 Å². The number of phenolic OH excluding ortho intramolecular Hbond substituents is 1. The van der Waals surface area contributed by atoms with E-state index in [4.69, 9.17) is 4.42 Å². The SMILES string of the molecule is Oc1cccc(CNc2nnc(C3CCCCC3)o2)c1. The van der Waals surface area contributed by atoms with E-state index in [1.807, 2.05) is 12.1 Å². The van der Waals surface area contributed by atoms with E-state index >= 15 is 0 Å². The Labute approximate surface area is 118 Å². The van der Waals surface area contributed by atoms with Crippen molar-refractivity contribution in [3.05, 3.63) is 35.7 Å². The molecule has 1 aliphatic rings. The molecule has 1 heterocycles. The number of nitrogens with zero attached hydrogens (tertiary/aromatic N) is 2. The third-order valence-electron chi connectivity index (χ3n) is 3.75. The van der Waals surface area contributed by atoms with Crippen molar-refractivity contribution in [1.29, 1.82) is 0 Å². The van der Waals surface area contributed by atoms with Crippen molar-refractivity contribution in [2.45, 2.75) is 44.6 Å². The van der Waals surface area contributed by atoms with Gasteiger partial charge in [-0.2, -0.15) is 0 Å². The van der Waals surface area contributed by atoms with E-state index in [1.165, 1.54) is 19.3 Å². The fourth-order valence-corrected chi connectivity index (χ4v) is 2.66. The molecular weight excluding hydrogens is 254 g/mol. The van der Waals surface area contributed by atoms with Crippen LogP contribution < -0.4 is 5.32 Å². The number of anilines is 1. The third-order valence-corrected chi connectivity index (χ3v) is 3.75. The van der Waals surface area contributed by atoms with Crippen molar-refractivity contribution in [2.24, 2.45) is 0 Å². The Morgan fingerprint density at radius 1 is 1.20 bits per heavy atom. The number of hydrogen-bond donors (Lipinski definition) is 2. The van der Waals surface area contributed by atoms with E-state index in [0.717, 1.165) is 24.3 Å². The van der Waals surface area contributed by atoms with Crippen molar-refractivity contribution in [1.82, 2.24) is 10.2 Å². The maximum absolute atomic E-state index is 9.41. The molecule has 0 spiro atoms. The molecule has 1 aromatic heterocycles. The fourth-order valence-electron chi connectivity index (χ4n) is 2.66. The molecule has 1 fully saturated rings. The van der Waals surface area contributed by atoms with Gasteiger partial charge < -0.3 is 14.8 Å². The van der Waals surface area contributed by atoms with Crippen LogP contribution in [0.25, 0.3) is 0 Å². The van der Waals surface area contributed by atoms with Gasteiger partial charge >= 0.3 is 6.01 Å². The fraction of sp³-hybridized carbons (Fsp3) is 0.467. The van der Waals surface area contributed by atoms with Crippen molar-refractivity contribution in [2.75, 3.05) is 5.32 Å². The lowest BCUT2D eigenvalue weighted by Crippen LogP contribution is -2.04. The van der Waals surface area contributed by atoms with Gasteiger partial charge in [-0.15, -0.1) is 5.10 Å². The zero-order valence-corrected chi connectivity index (χ0v) is 11.4. The first-order valence-electron chi connectivity index (χ1n) is 7.16. The van der Waals surface area contributed by atoms with Crippen LogP contribution in [0.1, 0.15) is 49.5 Å². The topological polar surface area (TPSA) is 71.2 Å². The van der Waals surface area contributed by atoms with Gasteiger partial charge in [-0.05, 0) is 30.5 Å². The predicted octanol–water partition coefficient (Wildman–Crippen LogP) is 3.44. The second-order valence-electron chi connectivity index (χ2n) is 5.30. The Kier molecular flexibility index (Phi) is 3.85. The molecule has 0 atom stereocenters. The molecule has 0 unspecified atom stereocenters. The van der Waals surface area contributed by atoms with Gasteiger partial charge in [0, 0.05) is 12.5 Å². The summed E-state index contributed by atoms with van der Waals surface area (Å²) >= 11 is 0. The van der Waals surface area contributed by atoms with E-state index in [0.29, 0.717) is 18.5 Å². The van der Waals surface area contributed by atoms with Gasteiger partial charge in [0.25, 0.3) is 0 Å². The number of benzene rings is 1. The van der Waals surface area contributed by atoms with E-state index in [1.54, 1.807) is 12.1 Å². The smallest absolute Gasteiger partial charge is 0.315 e. The highest BCUT2D eigenvalue weighted by Gasteiger charge is 2.21. The number of phenols is 1. The van der Waals surface area contributed by atoms with Gasteiger partial charge in [-0.25, -0.2) is 0 Å². The van der Waals surface area contributed by atoms with E-state index in [2.05, 4.69) is 15.5 Å². The zero-order valence-electron chi connectivity index (χ0n) is 11.4. The highest BCUT2D eigenvalue weighted by Crippen LogP contribution is 2.32. The van der Waals surface area contributed by atoms with Crippen molar-refractivity contribution in [3.8, 4) is 5.75 Å². The number of rotatable bonds is 4. The first kappa shape index (κ1) is 13.0. The second-order valence-corrected chi connectivity index (χ2v) is 5.30. The minimum Gasteiger partial charge on any atom is -0.508 e. The van der Waals surface area contributed by atoms with Crippen LogP contribution in [0, 0.1) is 0 Å². The van der Waals surface area contributed by atoms with Gasteiger partial charge in [0.2, 0.25) is 5.89 Å². The van der Waals surface area contributed by atoms with Crippen LogP contribution in [0.15, 0.2) is 28.7 Å². The van der Waals surface area contributed by atoms with Crippen molar-refractivity contribution >= 4 is 6.01 Å². The summed E-state index contributed by atoms with van der Waals surface area (Å²) in [5, 5.41) is 20.7. The summed E-state index contributed by atoms with van der Waals surface area (Å²) in [5.41, 5.74) is 0.974. The molecule has 1 aliphatic carbocycles. The normalized spacial score (nSPS) is 16.2. The van der Waals surface area contributed by atoms with Crippen LogP contribution in [-0.2, 0) is 6.54 Å². The predicted molar refractivity (Wildman–Crippen MR) is 75.6 cm³/mol. The molecule has 1 saturated carbocycles. The largest absolute Gasteiger partial charge is 0.508 e. The lowest BCUT2D eigenvalue weighted by Gasteiger charge is -2.17. The molecule has 106 valence electrons. The third kappa shape index (κ3) is 3.10. The van der Waals surface area contributed by atoms with Crippen molar-refractivity contribution in [3.63, 3.8) is 0 Å². The molecule has 0 bridgehead atoms. The van der Waals surface area contributed by atoms with E-state index in [9.17, 15) is 5.11 Å². The molecule has 5 heteroatoms. The maximum Gasteiger partial charge on any atom is 0.315 e. The molecule has 2 N–H and O–H groups in total. The number of aromatic hydroxyl groups is 1. The summed E-state index contributed by atoms with van der Waals surface area (Å²) < 4.78 is 5.68. The average Bonchev–Trinajstić information content (AvgIpc) is 2.95. The Bertz CT molecular complexity index is 562. The molecule has 0 aliphatic heterocycles. The zero-order chi connectivity index (χ0) is 13.8. The van der Waals surface area contributed by atoms with Crippen LogP contribution in [0.5, 0.6) is 5.75 Å². The maximum atomic E-state index is 9.41. The second kappa shape index (κ2) is 5.94. The highest BCUT2D eigenvalue weighted by molar-refractivity contribution is 5.30. The summed E-state index contributed by atoms with van der Waals surface area (Å²) in [6, 6.07) is 7.57. The first-order valence-corrected chi connectivity index (χ1v) is 7.16.